The van der Waals surface area contributed by atoms with E-state index in [4.69, 9.17) is 4.74 Å². The largest absolute Gasteiger partial charge is 0.444 e. The van der Waals surface area contributed by atoms with Gasteiger partial charge in [0.1, 0.15) is 23.7 Å². The topological polar surface area (TPSA) is 108 Å². The lowest BCUT2D eigenvalue weighted by Gasteiger charge is -2.29. The average molecular weight is 467 g/mol. The van der Waals surface area contributed by atoms with Crippen molar-refractivity contribution in [1.82, 2.24) is 19.8 Å². The molecule has 0 radical (unpaired) electrons. The highest BCUT2D eigenvalue weighted by Gasteiger charge is 2.60. The van der Waals surface area contributed by atoms with Crippen LogP contribution in [0.5, 0.6) is 0 Å². The highest BCUT2D eigenvalue weighted by molar-refractivity contribution is 7.98. The Kier molecular flexibility index (Phi) is 7.12. The molecule has 1 saturated heterocycles. The van der Waals surface area contributed by atoms with Gasteiger partial charge in [-0.2, -0.15) is 0 Å². The standard InChI is InChI=1S/C22H34N4O5S/c1-6-14-12-22(14,19(29)24-32-15-9-10-15)23-18(28)16-8-7-11-26(16)17(27)13-25(5)20(30)31-21(2,3)4/h6,14-16H,1,7-13H2,2-5H3,(H,23,28)(H,24,29)/t14-,16+,22-/m1/s1. The Morgan fingerprint density at radius 3 is 2.50 bits per heavy atom. The molecule has 3 atom stereocenters. The van der Waals surface area contributed by atoms with Gasteiger partial charge in [0.15, 0.2) is 0 Å². The molecule has 1 aliphatic heterocycles. The van der Waals surface area contributed by atoms with Crippen molar-refractivity contribution >= 4 is 35.8 Å². The summed E-state index contributed by atoms with van der Waals surface area (Å²) in [5, 5.41) is 3.37. The van der Waals surface area contributed by atoms with Crippen LogP contribution in [0.2, 0.25) is 0 Å². The Balaban J connectivity index is 1.59. The Hall–Kier alpha value is -2.23. The number of nitrogens with one attached hydrogen (secondary N) is 2. The van der Waals surface area contributed by atoms with E-state index in [1.165, 1.54) is 28.8 Å². The Morgan fingerprint density at radius 2 is 1.94 bits per heavy atom. The van der Waals surface area contributed by atoms with Crippen LogP contribution in [-0.2, 0) is 19.1 Å². The van der Waals surface area contributed by atoms with Crippen molar-refractivity contribution in [3.8, 4) is 0 Å². The zero-order valence-corrected chi connectivity index (χ0v) is 20.1. The number of rotatable bonds is 8. The summed E-state index contributed by atoms with van der Waals surface area (Å²) in [6.45, 7) is 9.29. The summed E-state index contributed by atoms with van der Waals surface area (Å²) >= 11 is 1.41. The van der Waals surface area contributed by atoms with Crippen molar-refractivity contribution in [2.45, 2.75) is 75.3 Å². The molecule has 2 N–H and O–H groups in total. The van der Waals surface area contributed by atoms with Gasteiger partial charge in [-0.05, 0) is 64.8 Å². The summed E-state index contributed by atoms with van der Waals surface area (Å²) in [5.74, 6) is -1.01. The third-order valence-electron chi connectivity index (χ3n) is 5.85. The molecule has 0 spiro atoms. The van der Waals surface area contributed by atoms with E-state index in [0.29, 0.717) is 31.1 Å². The van der Waals surface area contributed by atoms with Gasteiger partial charge in [0.05, 0.1) is 0 Å². The van der Waals surface area contributed by atoms with Crippen LogP contribution in [-0.4, -0.2) is 76.2 Å². The van der Waals surface area contributed by atoms with Crippen molar-refractivity contribution in [3.63, 3.8) is 0 Å². The van der Waals surface area contributed by atoms with Crippen LogP contribution < -0.4 is 10.0 Å². The van der Waals surface area contributed by atoms with Gasteiger partial charge in [-0.15, -0.1) is 6.58 Å². The number of carbonyl (C=O) groups is 4. The maximum absolute atomic E-state index is 13.1. The van der Waals surface area contributed by atoms with Gasteiger partial charge in [-0.25, -0.2) is 4.79 Å². The predicted molar refractivity (Wildman–Crippen MR) is 122 cm³/mol. The molecule has 1 heterocycles. The van der Waals surface area contributed by atoms with E-state index in [0.717, 1.165) is 12.8 Å². The zero-order valence-electron chi connectivity index (χ0n) is 19.3. The fourth-order valence-corrected chi connectivity index (χ4v) is 4.61. The summed E-state index contributed by atoms with van der Waals surface area (Å²) in [7, 11) is 1.49. The lowest BCUT2D eigenvalue weighted by atomic mass is 10.1. The summed E-state index contributed by atoms with van der Waals surface area (Å²) in [5.41, 5.74) is -1.66. The second-order valence-corrected chi connectivity index (χ2v) is 10.9. The summed E-state index contributed by atoms with van der Waals surface area (Å²) < 4.78 is 8.16. The smallest absolute Gasteiger partial charge is 0.410 e. The number of nitrogens with zero attached hydrogens (tertiary/aromatic N) is 2. The summed E-state index contributed by atoms with van der Waals surface area (Å²) in [4.78, 5) is 53.6. The first-order valence-corrected chi connectivity index (χ1v) is 12.0. The predicted octanol–water partition coefficient (Wildman–Crippen LogP) is 1.83. The van der Waals surface area contributed by atoms with Crippen LogP contribution in [0.15, 0.2) is 12.7 Å². The number of carbonyl (C=O) groups excluding carboxylic acids is 4. The molecule has 2 aliphatic carbocycles. The molecule has 0 aromatic heterocycles. The maximum Gasteiger partial charge on any atom is 0.410 e. The maximum atomic E-state index is 13.1. The van der Waals surface area contributed by atoms with Crippen molar-refractivity contribution < 1.29 is 23.9 Å². The fraction of sp³-hybridized carbons (Fsp3) is 0.727. The molecule has 0 aromatic carbocycles. The van der Waals surface area contributed by atoms with E-state index < -0.39 is 23.3 Å². The molecule has 4 amide bonds. The van der Waals surface area contributed by atoms with E-state index in [2.05, 4.69) is 16.6 Å². The minimum Gasteiger partial charge on any atom is -0.444 e. The molecule has 32 heavy (non-hydrogen) atoms. The molecule has 10 heteroatoms. The Morgan fingerprint density at radius 1 is 1.25 bits per heavy atom. The van der Waals surface area contributed by atoms with Crippen LogP contribution >= 0.6 is 11.9 Å². The van der Waals surface area contributed by atoms with Gasteiger partial charge >= 0.3 is 6.09 Å². The third-order valence-corrected chi connectivity index (χ3v) is 6.95. The molecular weight excluding hydrogens is 432 g/mol. The first-order valence-electron chi connectivity index (χ1n) is 11.1. The molecule has 3 aliphatic rings. The molecule has 0 bridgehead atoms. The van der Waals surface area contributed by atoms with Gasteiger partial charge in [-0.1, -0.05) is 6.08 Å². The average Bonchev–Trinajstić information content (AvgIpc) is 3.61. The second-order valence-electron chi connectivity index (χ2n) is 9.84. The number of hydrogen-bond acceptors (Lipinski definition) is 6. The molecule has 0 unspecified atom stereocenters. The first kappa shape index (κ1) is 24.4. The Bertz CT molecular complexity index is 794. The summed E-state index contributed by atoms with van der Waals surface area (Å²) in [6, 6.07) is -0.665. The number of ether oxygens (including phenoxy) is 1. The molecule has 3 fully saturated rings. The number of likely N-dealkylation sites (N-methyl/N-ethyl adjacent to an activating group) is 1. The molecule has 0 aromatic rings. The van der Waals surface area contributed by atoms with E-state index >= 15 is 0 Å². The Labute approximate surface area is 193 Å². The van der Waals surface area contributed by atoms with Gasteiger partial charge in [0, 0.05) is 24.8 Å². The molecular formula is C22H34N4O5S. The van der Waals surface area contributed by atoms with Crippen molar-refractivity contribution in [2.24, 2.45) is 5.92 Å². The third kappa shape index (κ3) is 5.76. The monoisotopic (exact) mass is 466 g/mol. The quantitative estimate of drug-likeness (QED) is 0.417. The molecule has 3 rings (SSSR count). The van der Waals surface area contributed by atoms with Gasteiger partial charge in [-0.3, -0.25) is 19.1 Å². The van der Waals surface area contributed by atoms with Crippen molar-refractivity contribution in [3.05, 3.63) is 12.7 Å². The normalized spacial score (nSPS) is 26.8. The highest BCUT2D eigenvalue weighted by Crippen LogP contribution is 2.45. The first-order chi connectivity index (χ1) is 15.0. The van der Waals surface area contributed by atoms with E-state index in [9.17, 15) is 19.2 Å². The SMILES string of the molecule is C=C[C@@H]1C[C@]1(NC(=O)[C@@H]1CCCN1C(=O)CN(C)C(=O)OC(C)(C)C)C(=O)NSC1CC1. The zero-order chi connectivity index (χ0) is 23.7. The van der Waals surface area contributed by atoms with Crippen molar-refractivity contribution in [1.29, 1.82) is 0 Å². The van der Waals surface area contributed by atoms with Gasteiger partial charge in [0.2, 0.25) is 11.8 Å². The molecule has 178 valence electrons. The van der Waals surface area contributed by atoms with E-state index in [1.807, 2.05) is 0 Å². The van der Waals surface area contributed by atoms with Crippen molar-refractivity contribution in [2.75, 3.05) is 20.1 Å². The lowest BCUT2D eigenvalue weighted by molar-refractivity contribution is -0.140. The second kappa shape index (κ2) is 9.33. The highest BCUT2D eigenvalue weighted by atomic mass is 32.2. The van der Waals surface area contributed by atoms with Gasteiger partial charge in [0.25, 0.3) is 5.91 Å². The molecule has 2 saturated carbocycles. The number of likely N-dealkylation sites (tertiary alicyclic amines) is 1. The van der Waals surface area contributed by atoms with Crippen LogP contribution in [0.3, 0.4) is 0 Å². The summed E-state index contributed by atoms with van der Waals surface area (Å²) in [6.07, 6.45) is 4.97. The van der Waals surface area contributed by atoms with E-state index in [-0.39, 0.29) is 30.2 Å². The minimum atomic E-state index is -0.995. The number of amides is 4. The molecule has 9 nitrogen and oxygen atoms in total. The minimum absolute atomic E-state index is 0.130. The lowest BCUT2D eigenvalue weighted by Crippen LogP contribution is -2.55. The van der Waals surface area contributed by atoms with Crippen LogP contribution in [0.4, 0.5) is 4.79 Å². The fourth-order valence-electron chi connectivity index (χ4n) is 3.79. The van der Waals surface area contributed by atoms with Crippen LogP contribution in [0.1, 0.15) is 52.9 Å². The van der Waals surface area contributed by atoms with Crippen LogP contribution in [0.25, 0.3) is 0 Å². The number of hydrogen-bond donors (Lipinski definition) is 2. The van der Waals surface area contributed by atoms with E-state index in [1.54, 1.807) is 26.8 Å². The van der Waals surface area contributed by atoms with Gasteiger partial charge < -0.3 is 19.9 Å². The van der Waals surface area contributed by atoms with Crippen LogP contribution in [0, 0.1) is 5.92 Å².